The number of fused-ring (bicyclic) bond motifs is 3. The summed E-state index contributed by atoms with van der Waals surface area (Å²) in [6, 6.07) is 47.1. The lowest BCUT2D eigenvalue weighted by Gasteiger charge is -2.15. The smallest absolute Gasteiger partial charge is 0.223 e. The largest absolute Gasteiger partial charge is 0.437 e. The Bertz CT molecular complexity index is 1780. The second-order valence-corrected chi connectivity index (χ2v) is 9.09. The number of ether oxygens (including phenoxy) is 1. The van der Waals surface area contributed by atoms with Crippen LogP contribution in [0.2, 0.25) is 0 Å². The lowest BCUT2D eigenvalue weighted by Crippen LogP contribution is -2.00. The monoisotopic (exact) mass is 489 g/mol. The van der Waals surface area contributed by atoms with Crippen LogP contribution in [0.25, 0.3) is 50.1 Å². The van der Waals surface area contributed by atoms with Crippen molar-refractivity contribution in [2.24, 2.45) is 0 Å². The third-order valence-corrected chi connectivity index (χ3v) is 6.70. The summed E-state index contributed by atoms with van der Waals surface area (Å²) in [6.45, 7) is 0. The Labute approximate surface area is 220 Å². The molecular weight excluding hydrogens is 466 g/mol. The minimum absolute atomic E-state index is 0.492. The van der Waals surface area contributed by atoms with Gasteiger partial charge in [-0.25, -0.2) is 4.98 Å². The number of hydrogen-bond acceptors (Lipinski definition) is 3. The summed E-state index contributed by atoms with van der Waals surface area (Å²) in [6.07, 6.45) is 0. The molecule has 0 aliphatic carbocycles. The normalized spacial score (nSPS) is 11.2. The molecule has 0 spiro atoms. The number of hydrogen-bond donors (Lipinski definition) is 0. The van der Waals surface area contributed by atoms with Gasteiger partial charge in [-0.3, -0.25) is 0 Å². The first-order valence-corrected chi connectivity index (χ1v) is 12.6. The van der Waals surface area contributed by atoms with Crippen molar-refractivity contribution < 1.29 is 4.74 Å². The molecule has 0 bridgehead atoms. The molecule has 180 valence electrons. The van der Waals surface area contributed by atoms with Gasteiger partial charge in [0.25, 0.3) is 0 Å². The van der Waals surface area contributed by atoms with Gasteiger partial charge in [0.1, 0.15) is 0 Å². The first-order valence-electron chi connectivity index (χ1n) is 12.6. The summed E-state index contributed by atoms with van der Waals surface area (Å²) in [5.74, 6) is 1.83. The minimum atomic E-state index is 0.492. The van der Waals surface area contributed by atoms with E-state index in [0.29, 0.717) is 11.7 Å². The number of benzene rings is 5. The van der Waals surface area contributed by atoms with Crippen molar-refractivity contribution in [1.29, 1.82) is 0 Å². The van der Waals surface area contributed by atoms with Gasteiger partial charge in [0.15, 0.2) is 11.6 Å². The first-order chi connectivity index (χ1) is 18.8. The molecule has 5 aromatic carbocycles. The summed E-state index contributed by atoms with van der Waals surface area (Å²) in [7, 11) is 0. The van der Waals surface area contributed by atoms with E-state index in [0.717, 1.165) is 39.3 Å². The Morgan fingerprint density at radius 3 is 1.74 bits per heavy atom. The van der Waals surface area contributed by atoms with E-state index >= 15 is 0 Å². The van der Waals surface area contributed by atoms with Crippen molar-refractivity contribution in [3.8, 4) is 40.0 Å². The molecule has 0 aliphatic heterocycles. The number of rotatable bonds is 5. The predicted molar refractivity (Wildman–Crippen MR) is 154 cm³/mol. The highest BCUT2D eigenvalue weighted by Crippen LogP contribution is 2.37. The second-order valence-electron chi connectivity index (χ2n) is 9.09. The summed E-state index contributed by atoms with van der Waals surface area (Å²) in [4.78, 5) is 9.70. The van der Waals surface area contributed by atoms with Crippen molar-refractivity contribution in [3.05, 3.63) is 140 Å². The number of nitrogens with zero attached hydrogens (tertiary/aromatic N) is 3. The van der Waals surface area contributed by atoms with Crippen LogP contribution < -0.4 is 4.74 Å². The lowest BCUT2D eigenvalue weighted by molar-refractivity contribution is 0.461. The zero-order chi connectivity index (χ0) is 25.3. The van der Waals surface area contributed by atoms with Crippen molar-refractivity contribution >= 4 is 21.8 Å². The fourth-order valence-corrected chi connectivity index (χ4v) is 4.97. The van der Waals surface area contributed by atoms with Crippen LogP contribution in [-0.4, -0.2) is 14.5 Å². The standard InChI is InChI=1S/C34H23N3O/c1-3-13-24(14-4-1)28-23-33(36-34(35-28)25-15-5-2-6-16-25)38-32-22-12-11-21-31(32)37-29-19-9-7-17-26(29)27-18-8-10-20-30(27)37/h1-23H. The molecule has 0 unspecified atom stereocenters. The maximum absolute atomic E-state index is 6.58. The van der Waals surface area contributed by atoms with Gasteiger partial charge in [-0.05, 0) is 24.3 Å². The Morgan fingerprint density at radius 1 is 0.500 bits per heavy atom. The molecule has 0 atom stereocenters. The molecule has 0 radical (unpaired) electrons. The molecule has 0 fully saturated rings. The maximum atomic E-state index is 6.58. The summed E-state index contributed by atoms with van der Waals surface area (Å²) < 4.78 is 8.84. The molecule has 0 amide bonds. The zero-order valence-electron chi connectivity index (χ0n) is 20.5. The third-order valence-electron chi connectivity index (χ3n) is 6.70. The van der Waals surface area contributed by atoms with Crippen molar-refractivity contribution in [2.75, 3.05) is 0 Å². The van der Waals surface area contributed by atoms with Crippen LogP contribution in [-0.2, 0) is 0 Å². The molecule has 2 heterocycles. The van der Waals surface area contributed by atoms with Crippen LogP contribution in [0.1, 0.15) is 0 Å². The lowest BCUT2D eigenvalue weighted by atomic mass is 10.1. The first kappa shape index (κ1) is 22.0. The van der Waals surface area contributed by atoms with Crippen LogP contribution in [0.5, 0.6) is 11.6 Å². The van der Waals surface area contributed by atoms with Crippen LogP contribution >= 0.6 is 0 Å². The van der Waals surface area contributed by atoms with Crippen molar-refractivity contribution in [2.45, 2.75) is 0 Å². The van der Waals surface area contributed by atoms with E-state index in [1.54, 1.807) is 0 Å². The Morgan fingerprint density at radius 2 is 1.05 bits per heavy atom. The van der Waals surface area contributed by atoms with Crippen molar-refractivity contribution in [3.63, 3.8) is 0 Å². The van der Waals surface area contributed by atoms with E-state index in [-0.39, 0.29) is 0 Å². The highest BCUT2D eigenvalue weighted by molar-refractivity contribution is 6.09. The third kappa shape index (κ3) is 3.89. The van der Waals surface area contributed by atoms with Gasteiger partial charge in [0, 0.05) is 28.0 Å². The van der Waals surface area contributed by atoms with Gasteiger partial charge in [-0.1, -0.05) is 109 Å². The summed E-state index contributed by atoms with van der Waals surface area (Å²) in [5, 5.41) is 2.41. The van der Waals surface area contributed by atoms with Gasteiger partial charge in [0.05, 0.1) is 22.4 Å². The Hall–Kier alpha value is -5.22. The average Bonchev–Trinajstić information content (AvgIpc) is 3.33. The molecular formula is C34H23N3O. The van der Waals surface area contributed by atoms with E-state index in [9.17, 15) is 0 Å². The number of para-hydroxylation sites is 4. The van der Waals surface area contributed by atoms with E-state index in [2.05, 4.69) is 59.2 Å². The average molecular weight is 490 g/mol. The predicted octanol–water partition coefficient (Wildman–Crippen LogP) is 8.70. The Balaban J connectivity index is 1.40. The molecule has 0 saturated carbocycles. The van der Waals surface area contributed by atoms with Crippen LogP contribution in [0, 0.1) is 0 Å². The molecule has 7 rings (SSSR count). The second kappa shape index (κ2) is 9.34. The molecule has 4 nitrogen and oxygen atoms in total. The van der Waals surface area contributed by atoms with Gasteiger partial charge >= 0.3 is 0 Å². The van der Waals surface area contributed by atoms with Crippen LogP contribution in [0.4, 0.5) is 0 Å². The molecule has 0 N–H and O–H groups in total. The molecule has 0 aliphatic rings. The van der Waals surface area contributed by atoms with Crippen LogP contribution in [0.15, 0.2) is 140 Å². The van der Waals surface area contributed by atoms with Gasteiger partial charge in [-0.15, -0.1) is 0 Å². The molecule has 7 aromatic rings. The van der Waals surface area contributed by atoms with Gasteiger partial charge in [0.2, 0.25) is 5.88 Å². The molecule has 0 saturated heterocycles. The summed E-state index contributed by atoms with van der Waals surface area (Å²) in [5.41, 5.74) is 5.96. The van der Waals surface area contributed by atoms with Crippen molar-refractivity contribution in [1.82, 2.24) is 14.5 Å². The van der Waals surface area contributed by atoms with E-state index in [1.807, 2.05) is 84.9 Å². The van der Waals surface area contributed by atoms with Gasteiger partial charge < -0.3 is 9.30 Å². The fourth-order valence-electron chi connectivity index (χ4n) is 4.97. The van der Waals surface area contributed by atoms with E-state index in [1.165, 1.54) is 10.8 Å². The van der Waals surface area contributed by atoms with E-state index in [4.69, 9.17) is 14.7 Å². The highest BCUT2D eigenvalue weighted by Gasteiger charge is 2.16. The molecule has 2 aromatic heterocycles. The van der Waals surface area contributed by atoms with E-state index < -0.39 is 0 Å². The topological polar surface area (TPSA) is 39.9 Å². The molecule has 4 heteroatoms. The fraction of sp³-hybridized carbons (Fsp3) is 0. The van der Waals surface area contributed by atoms with Gasteiger partial charge in [-0.2, -0.15) is 4.98 Å². The maximum Gasteiger partial charge on any atom is 0.223 e. The quantitative estimate of drug-likeness (QED) is 0.243. The SMILES string of the molecule is c1ccc(-c2cc(Oc3ccccc3-n3c4ccccc4c4ccccc43)nc(-c3ccccc3)n2)cc1. The number of aromatic nitrogens is 3. The Kier molecular flexibility index (Phi) is 5.41. The molecule has 38 heavy (non-hydrogen) atoms. The highest BCUT2D eigenvalue weighted by atomic mass is 16.5. The summed E-state index contributed by atoms with van der Waals surface area (Å²) >= 11 is 0. The van der Waals surface area contributed by atoms with Crippen LogP contribution in [0.3, 0.4) is 0 Å². The zero-order valence-corrected chi connectivity index (χ0v) is 20.5. The minimum Gasteiger partial charge on any atom is -0.437 e.